The van der Waals surface area contributed by atoms with Crippen LogP contribution in [0.5, 0.6) is 0 Å². The summed E-state index contributed by atoms with van der Waals surface area (Å²) in [4.78, 5) is 11.7. The van der Waals surface area contributed by atoms with Crippen molar-refractivity contribution in [1.82, 2.24) is 10.1 Å². The van der Waals surface area contributed by atoms with Gasteiger partial charge in [-0.05, 0) is 43.4 Å². The van der Waals surface area contributed by atoms with Gasteiger partial charge in [0.25, 0.3) is 0 Å². The summed E-state index contributed by atoms with van der Waals surface area (Å²) in [5.41, 5.74) is 1.17. The zero-order valence-electron chi connectivity index (χ0n) is 11.6. The highest BCUT2D eigenvalue weighted by atomic mass is 35.5. The molecule has 5 heteroatoms. The minimum absolute atomic E-state index is 0.0212. The predicted molar refractivity (Wildman–Crippen MR) is 78.0 cm³/mol. The summed E-state index contributed by atoms with van der Waals surface area (Å²) in [6.07, 6.45) is 4.61. The lowest BCUT2D eigenvalue weighted by molar-refractivity contribution is -0.317. The van der Waals surface area contributed by atoms with Gasteiger partial charge < -0.3 is 0 Å². The molecule has 0 amide bonds. The topological polar surface area (TPSA) is 24.9 Å². The number of benzene rings is 1. The van der Waals surface area contributed by atoms with E-state index in [2.05, 4.69) is 22.3 Å². The lowest BCUT2D eigenvalue weighted by Gasteiger charge is -2.41. The molecule has 20 heavy (non-hydrogen) atoms. The van der Waals surface area contributed by atoms with E-state index in [-0.39, 0.29) is 6.17 Å². The zero-order chi connectivity index (χ0) is 13.8. The minimum atomic E-state index is 0.0212. The average molecular weight is 297 g/mol. The first-order valence-corrected chi connectivity index (χ1v) is 7.77. The van der Waals surface area contributed by atoms with Gasteiger partial charge in [0.15, 0.2) is 0 Å². The van der Waals surface area contributed by atoms with E-state index in [0.29, 0.717) is 0 Å². The van der Waals surface area contributed by atoms with Gasteiger partial charge in [-0.2, -0.15) is 10.1 Å². The van der Waals surface area contributed by atoms with Crippen LogP contribution in [0.3, 0.4) is 0 Å². The molecular formula is C15H21ClN2O2. The molecule has 4 nitrogen and oxygen atoms in total. The Kier molecular flexibility index (Phi) is 4.91. The Morgan fingerprint density at radius 1 is 0.850 bits per heavy atom. The quantitative estimate of drug-likeness (QED) is 0.853. The molecule has 0 atom stereocenters. The lowest BCUT2D eigenvalue weighted by atomic mass is 10.1. The Hall–Kier alpha value is -0.650. The highest BCUT2D eigenvalue weighted by Crippen LogP contribution is 2.30. The van der Waals surface area contributed by atoms with Gasteiger partial charge in [-0.3, -0.25) is 9.68 Å². The van der Waals surface area contributed by atoms with E-state index in [9.17, 15) is 0 Å². The maximum Gasteiger partial charge on any atom is 0.135 e. The molecular weight excluding hydrogens is 276 g/mol. The van der Waals surface area contributed by atoms with Crippen LogP contribution in [-0.2, 0) is 9.68 Å². The standard InChI is InChI=1S/C15H21ClN2O2/c16-14-7-5-13(6-8-14)15(17-9-1-3-11-19-17)18-10-2-4-12-20-18/h5-8,15H,1-4,9-12H2. The van der Waals surface area contributed by atoms with Crippen molar-refractivity contribution in [2.45, 2.75) is 31.8 Å². The van der Waals surface area contributed by atoms with Crippen LogP contribution in [0.1, 0.15) is 37.4 Å². The van der Waals surface area contributed by atoms with Crippen molar-refractivity contribution in [2.24, 2.45) is 0 Å². The molecule has 0 aliphatic carbocycles. The molecule has 0 unspecified atom stereocenters. The Morgan fingerprint density at radius 2 is 1.40 bits per heavy atom. The van der Waals surface area contributed by atoms with Crippen molar-refractivity contribution in [3.05, 3.63) is 34.9 Å². The molecule has 2 saturated heterocycles. The Morgan fingerprint density at radius 3 is 1.85 bits per heavy atom. The number of hydrogen-bond acceptors (Lipinski definition) is 4. The average Bonchev–Trinajstić information content (AvgIpc) is 2.52. The summed E-state index contributed by atoms with van der Waals surface area (Å²) in [5, 5.41) is 4.86. The van der Waals surface area contributed by atoms with Crippen molar-refractivity contribution in [2.75, 3.05) is 26.3 Å². The molecule has 2 heterocycles. The highest BCUT2D eigenvalue weighted by molar-refractivity contribution is 6.30. The zero-order valence-corrected chi connectivity index (χ0v) is 12.4. The van der Waals surface area contributed by atoms with Crippen molar-refractivity contribution >= 4 is 11.6 Å². The van der Waals surface area contributed by atoms with Crippen LogP contribution in [-0.4, -0.2) is 36.4 Å². The van der Waals surface area contributed by atoms with Gasteiger partial charge in [0.05, 0.1) is 13.2 Å². The minimum Gasteiger partial charge on any atom is -0.297 e. The molecule has 0 aromatic heterocycles. The SMILES string of the molecule is Clc1ccc(C(N2CCCCO2)N2CCCCO2)cc1. The molecule has 2 aliphatic rings. The number of rotatable bonds is 3. The first kappa shape index (κ1) is 14.3. The Balaban J connectivity index is 1.83. The molecule has 0 radical (unpaired) electrons. The second kappa shape index (κ2) is 6.87. The summed E-state index contributed by atoms with van der Waals surface area (Å²) < 4.78 is 0. The molecule has 1 aromatic carbocycles. The predicted octanol–water partition coefficient (Wildman–Crippen LogP) is 3.39. The molecule has 1 aromatic rings. The molecule has 2 aliphatic heterocycles. The van der Waals surface area contributed by atoms with Crippen molar-refractivity contribution in [3.63, 3.8) is 0 Å². The Bertz CT molecular complexity index is 396. The monoisotopic (exact) mass is 296 g/mol. The molecule has 0 saturated carbocycles. The van der Waals surface area contributed by atoms with Crippen molar-refractivity contribution in [3.8, 4) is 0 Å². The van der Waals surface area contributed by atoms with Gasteiger partial charge in [-0.25, -0.2) is 0 Å². The normalized spacial score (nSPS) is 22.3. The second-order valence-corrected chi connectivity index (χ2v) is 5.72. The molecule has 2 fully saturated rings. The Labute approximate surface area is 125 Å². The summed E-state index contributed by atoms with van der Waals surface area (Å²) in [6, 6.07) is 7.97. The van der Waals surface area contributed by atoms with E-state index in [1.165, 1.54) is 5.56 Å². The number of hydrogen-bond donors (Lipinski definition) is 0. The van der Waals surface area contributed by atoms with Crippen molar-refractivity contribution < 1.29 is 9.68 Å². The van der Waals surface area contributed by atoms with Crippen LogP contribution < -0.4 is 0 Å². The molecule has 0 spiro atoms. The fourth-order valence-electron chi connectivity index (χ4n) is 2.73. The second-order valence-electron chi connectivity index (χ2n) is 5.29. The van der Waals surface area contributed by atoms with E-state index in [0.717, 1.165) is 57.0 Å². The first-order chi connectivity index (χ1) is 9.84. The van der Waals surface area contributed by atoms with E-state index >= 15 is 0 Å². The van der Waals surface area contributed by atoms with E-state index in [1.54, 1.807) is 0 Å². The van der Waals surface area contributed by atoms with Crippen molar-refractivity contribution in [1.29, 1.82) is 0 Å². The van der Waals surface area contributed by atoms with E-state index in [1.807, 2.05) is 12.1 Å². The van der Waals surface area contributed by atoms with Gasteiger partial charge in [0.1, 0.15) is 6.17 Å². The van der Waals surface area contributed by atoms with Crippen LogP contribution in [0.15, 0.2) is 24.3 Å². The van der Waals surface area contributed by atoms with Gasteiger partial charge >= 0.3 is 0 Å². The summed E-state index contributed by atoms with van der Waals surface area (Å²) in [5.74, 6) is 0. The van der Waals surface area contributed by atoms with Crippen LogP contribution in [0.2, 0.25) is 5.02 Å². The fraction of sp³-hybridized carbons (Fsp3) is 0.600. The smallest absolute Gasteiger partial charge is 0.135 e. The maximum absolute atomic E-state index is 6.00. The maximum atomic E-state index is 6.00. The lowest BCUT2D eigenvalue weighted by Crippen LogP contribution is -2.45. The highest BCUT2D eigenvalue weighted by Gasteiger charge is 2.31. The molecule has 3 rings (SSSR count). The largest absolute Gasteiger partial charge is 0.297 e. The number of hydroxylamine groups is 4. The number of nitrogens with zero attached hydrogens (tertiary/aromatic N) is 2. The van der Waals surface area contributed by atoms with E-state index < -0.39 is 0 Å². The summed E-state index contributed by atoms with van der Waals surface area (Å²) in [7, 11) is 0. The van der Waals surface area contributed by atoms with Crippen LogP contribution in [0.4, 0.5) is 0 Å². The van der Waals surface area contributed by atoms with E-state index in [4.69, 9.17) is 21.3 Å². The first-order valence-electron chi connectivity index (χ1n) is 7.39. The van der Waals surface area contributed by atoms with Crippen LogP contribution in [0.25, 0.3) is 0 Å². The summed E-state index contributed by atoms with van der Waals surface area (Å²) in [6.45, 7) is 3.45. The van der Waals surface area contributed by atoms with Gasteiger partial charge in [-0.15, -0.1) is 0 Å². The van der Waals surface area contributed by atoms with Crippen LogP contribution >= 0.6 is 11.6 Å². The third-order valence-electron chi connectivity index (χ3n) is 3.77. The van der Waals surface area contributed by atoms with Gasteiger partial charge in [0.2, 0.25) is 0 Å². The molecule has 0 bridgehead atoms. The van der Waals surface area contributed by atoms with Crippen LogP contribution in [0, 0.1) is 0 Å². The fourth-order valence-corrected chi connectivity index (χ4v) is 2.85. The summed E-state index contributed by atoms with van der Waals surface area (Å²) >= 11 is 6.00. The molecule has 0 N–H and O–H groups in total. The van der Waals surface area contributed by atoms with Gasteiger partial charge in [-0.1, -0.05) is 23.7 Å². The van der Waals surface area contributed by atoms with Gasteiger partial charge in [0, 0.05) is 18.1 Å². The third kappa shape index (κ3) is 3.32. The third-order valence-corrected chi connectivity index (χ3v) is 4.03. The molecule has 110 valence electrons. The number of halogens is 1.